The molecule has 1 amide bonds. The Morgan fingerprint density at radius 1 is 1.44 bits per heavy atom. The fourth-order valence-electron chi connectivity index (χ4n) is 2.23. The Hall–Kier alpha value is -0.810. The number of carbonyl (C=O) groups is 1. The lowest BCUT2D eigenvalue weighted by atomic mass is 9.91. The van der Waals surface area contributed by atoms with E-state index in [2.05, 4.69) is 0 Å². The van der Waals surface area contributed by atoms with E-state index in [4.69, 9.17) is 15.6 Å². The van der Waals surface area contributed by atoms with Gasteiger partial charge in [-0.1, -0.05) is 0 Å². The third-order valence-corrected chi connectivity index (χ3v) is 3.12. The first-order valence-electron chi connectivity index (χ1n) is 6.63. The van der Waals surface area contributed by atoms with Crippen molar-refractivity contribution in [1.82, 2.24) is 4.90 Å². The molecule has 1 atom stereocenters. The van der Waals surface area contributed by atoms with Gasteiger partial charge in [0.05, 0.1) is 0 Å². The number of hydrogen-bond acceptors (Lipinski definition) is 4. The topological polar surface area (TPSA) is 75.8 Å². The number of nitrogens with zero attached hydrogens (tertiary/aromatic N) is 1. The van der Waals surface area contributed by atoms with E-state index in [1.165, 1.54) is 0 Å². The van der Waals surface area contributed by atoms with Crippen molar-refractivity contribution >= 4 is 6.09 Å². The van der Waals surface area contributed by atoms with Crippen LogP contribution in [0.5, 0.6) is 0 Å². The van der Waals surface area contributed by atoms with Crippen LogP contribution in [0.1, 0.15) is 46.5 Å². The van der Waals surface area contributed by atoms with E-state index < -0.39 is 11.1 Å². The lowest BCUT2D eigenvalue weighted by molar-refractivity contribution is 0.0213. The number of amides is 1. The zero-order valence-electron chi connectivity index (χ0n) is 11.7. The van der Waals surface area contributed by atoms with Gasteiger partial charge in [0.1, 0.15) is 5.60 Å². The summed E-state index contributed by atoms with van der Waals surface area (Å²) in [6, 6.07) is 0. The number of carbonyl (C=O) groups excluding carboxylic acids is 1. The van der Waals surface area contributed by atoms with Crippen LogP contribution >= 0.6 is 0 Å². The number of nitrogens with two attached hydrogens (primary N) is 1. The van der Waals surface area contributed by atoms with Crippen LogP contribution in [0.2, 0.25) is 0 Å². The molecule has 106 valence electrons. The summed E-state index contributed by atoms with van der Waals surface area (Å²) in [5.41, 5.74) is 5.28. The van der Waals surface area contributed by atoms with E-state index in [9.17, 15) is 4.79 Å². The first-order valence-corrected chi connectivity index (χ1v) is 6.63. The zero-order chi connectivity index (χ0) is 13.8. The summed E-state index contributed by atoms with van der Waals surface area (Å²) in [7, 11) is 0. The minimum atomic E-state index is -0.488. The molecule has 0 radical (unpaired) electrons. The van der Waals surface area contributed by atoms with E-state index in [1.54, 1.807) is 4.90 Å². The second-order valence-corrected chi connectivity index (χ2v) is 6.19. The van der Waals surface area contributed by atoms with Gasteiger partial charge in [0.15, 0.2) is 0 Å². The summed E-state index contributed by atoms with van der Waals surface area (Å²) in [5, 5.41) is 9.07. The highest BCUT2D eigenvalue weighted by molar-refractivity contribution is 5.68. The maximum Gasteiger partial charge on any atom is 0.410 e. The van der Waals surface area contributed by atoms with Crippen molar-refractivity contribution in [3.05, 3.63) is 0 Å². The van der Waals surface area contributed by atoms with Crippen molar-refractivity contribution in [3.8, 4) is 0 Å². The van der Waals surface area contributed by atoms with Crippen LogP contribution in [0, 0.1) is 0 Å². The quantitative estimate of drug-likeness (QED) is 0.786. The third kappa shape index (κ3) is 4.82. The van der Waals surface area contributed by atoms with Gasteiger partial charge in [0, 0.05) is 25.2 Å². The molecule has 1 aliphatic rings. The SMILES string of the molecule is CC(C)(C)OC(=O)N1CCCCC(N)(CCO)C1. The average molecular weight is 258 g/mol. The van der Waals surface area contributed by atoms with Gasteiger partial charge in [-0.05, 0) is 46.5 Å². The normalized spacial score (nSPS) is 25.7. The van der Waals surface area contributed by atoms with Gasteiger partial charge >= 0.3 is 6.09 Å². The molecule has 1 fully saturated rings. The monoisotopic (exact) mass is 258 g/mol. The van der Waals surface area contributed by atoms with Crippen molar-refractivity contribution in [3.63, 3.8) is 0 Å². The minimum Gasteiger partial charge on any atom is -0.444 e. The number of ether oxygens (including phenoxy) is 1. The highest BCUT2D eigenvalue weighted by Gasteiger charge is 2.33. The largest absolute Gasteiger partial charge is 0.444 e. The highest BCUT2D eigenvalue weighted by Crippen LogP contribution is 2.23. The predicted molar refractivity (Wildman–Crippen MR) is 70.3 cm³/mol. The molecule has 3 N–H and O–H groups in total. The van der Waals surface area contributed by atoms with Crippen molar-refractivity contribution in [1.29, 1.82) is 0 Å². The number of aliphatic hydroxyl groups is 1. The van der Waals surface area contributed by atoms with Gasteiger partial charge in [-0.15, -0.1) is 0 Å². The Kier molecular flexibility index (Phi) is 4.99. The molecule has 0 saturated carbocycles. The van der Waals surface area contributed by atoms with Crippen LogP contribution in [-0.2, 0) is 4.74 Å². The van der Waals surface area contributed by atoms with Crippen LogP contribution in [0.25, 0.3) is 0 Å². The molecule has 1 saturated heterocycles. The smallest absolute Gasteiger partial charge is 0.410 e. The molecule has 1 rings (SSSR count). The highest BCUT2D eigenvalue weighted by atomic mass is 16.6. The lowest BCUT2D eigenvalue weighted by Gasteiger charge is -2.33. The van der Waals surface area contributed by atoms with Crippen LogP contribution < -0.4 is 5.73 Å². The average Bonchev–Trinajstić information content (AvgIpc) is 2.38. The summed E-state index contributed by atoms with van der Waals surface area (Å²) >= 11 is 0. The summed E-state index contributed by atoms with van der Waals surface area (Å²) in [6.45, 7) is 6.75. The van der Waals surface area contributed by atoms with E-state index >= 15 is 0 Å². The molecular formula is C13H26N2O3. The predicted octanol–water partition coefficient (Wildman–Crippen LogP) is 1.49. The van der Waals surface area contributed by atoms with E-state index in [0.29, 0.717) is 19.5 Å². The van der Waals surface area contributed by atoms with Crippen molar-refractivity contribution < 1.29 is 14.6 Å². The fourth-order valence-corrected chi connectivity index (χ4v) is 2.23. The van der Waals surface area contributed by atoms with Crippen LogP contribution in [0.3, 0.4) is 0 Å². The Morgan fingerprint density at radius 3 is 2.67 bits per heavy atom. The molecule has 1 aliphatic heterocycles. The molecule has 0 spiro atoms. The summed E-state index contributed by atoms with van der Waals surface area (Å²) < 4.78 is 5.37. The molecule has 0 aromatic rings. The minimum absolute atomic E-state index is 0.0542. The summed E-state index contributed by atoms with van der Waals surface area (Å²) in [6.07, 6.45) is 2.97. The van der Waals surface area contributed by atoms with Crippen molar-refractivity contribution in [2.24, 2.45) is 5.73 Å². The second-order valence-electron chi connectivity index (χ2n) is 6.19. The van der Waals surface area contributed by atoms with E-state index in [0.717, 1.165) is 19.3 Å². The number of hydrogen-bond donors (Lipinski definition) is 2. The molecule has 0 aromatic heterocycles. The van der Waals surface area contributed by atoms with Gasteiger partial charge in [0.2, 0.25) is 0 Å². The third-order valence-electron chi connectivity index (χ3n) is 3.12. The lowest BCUT2D eigenvalue weighted by Crippen LogP contribution is -2.51. The van der Waals surface area contributed by atoms with E-state index in [1.807, 2.05) is 20.8 Å². The summed E-state index contributed by atoms with van der Waals surface area (Å²) in [4.78, 5) is 13.7. The molecular weight excluding hydrogens is 232 g/mol. The second kappa shape index (κ2) is 5.89. The standard InChI is InChI=1S/C13H26N2O3/c1-12(2,3)18-11(17)15-8-5-4-6-13(14,10-15)7-9-16/h16H,4-10,14H2,1-3H3. The molecule has 0 aliphatic carbocycles. The van der Waals surface area contributed by atoms with Crippen molar-refractivity contribution in [2.45, 2.75) is 57.6 Å². The zero-order valence-corrected chi connectivity index (χ0v) is 11.7. The Labute approximate surface area is 109 Å². The van der Waals surface area contributed by atoms with Crippen LogP contribution in [-0.4, -0.2) is 46.9 Å². The van der Waals surface area contributed by atoms with Gasteiger partial charge in [-0.2, -0.15) is 0 Å². The molecule has 1 heterocycles. The molecule has 5 heteroatoms. The maximum absolute atomic E-state index is 12.0. The van der Waals surface area contributed by atoms with Gasteiger partial charge in [-0.25, -0.2) is 4.79 Å². The van der Waals surface area contributed by atoms with E-state index in [-0.39, 0.29) is 12.7 Å². The van der Waals surface area contributed by atoms with Gasteiger partial charge in [-0.3, -0.25) is 0 Å². The molecule has 5 nitrogen and oxygen atoms in total. The molecule has 1 unspecified atom stereocenters. The van der Waals surface area contributed by atoms with Crippen molar-refractivity contribution in [2.75, 3.05) is 19.7 Å². The Balaban J connectivity index is 2.67. The maximum atomic E-state index is 12.0. The number of aliphatic hydroxyl groups excluding tert-OH is 1. The first kappa shape index (κ1) is 15.2. The first-order chi connectivity index (χ1) is 8.26. The van der Waals surface area contributed by atoms with Gasteiger partial charge < -0.3 is 20.5 Å². The number of likely N-dealkylation sites (tertiary alicyclic amines) is 1. The fraction of sp³-hybridized carbons (Fsp3) is 0.923. The molecule has 0 bridgehead atoms. The Morgan fingerprint density at radius 2 is 2.11 bits per heavy atom. The Bertz CT molecular complexity index is 288. The number of rotatable bonds is 2. The summed E-state index contributed by atoms with van der Waals surface area (Å²) in [5.74, 6) is 0. The van der Waals surface area contributed by atoms with Crippen LogP contribution in [0.15, 0.2) is 0 Å². The molecule has 0 aromatic carbocycles. The van der Waals surface area contributed by atoms with Crippen LogP contribution in [0.4, 0.5) is 4.79 Å². The van der Waals surface area contributed by atoms with Gasteiger partial charge in [0.25, 0.3) is 0 Å². The molecule has 18 heavy (non-hydrogen) atoms.